The Balaban J connectivity index is 0.00000320. The fourth-order valence-electron chi connectivity index (χ4n) is 3.90. The van der Waals surface area contributed by atoms with Gasteiger partial charge in [-0.25, -0.2) is 0 Å². The van der Waals surface area contributed by atoms with E-state index in [0.717, 1.165) is 19.4 Å². The van der Waals surface area contributed by atoms with Gasteiger partial charge in [0.25, 0.3) is 0 Å². The standard InChI is InChI=1S/C27H31NO.ClH/c1-3-26(22-23-14-8-5-9-15-23)28-21-20-27(29-4-2,24-16-10-6-11-17-24)25-18-12-7-13-19-25;/h3,5-19,26,28H,1,4,20-22H2,2H3;1H. The van der Waals surface area contributed by atoms with Crippen LogP contribution in [0.3, 0.4) is 0 Å². The molecule has 1 atom stereocenters. The second kappa shape index (κ2) is 12.3. The second-order valence-electron chi connectivity index (χ2n) is 7.23. The lowest BCUT2D eigenvalue weighted by Crippen LogP contribution is -2.38. The molecule has 3 aromatic carbocycles. The molecule has 1 N–H and O–H groups in total. The van der Waals surface area contributed by atoms with Crippen molar-refractivity contribution in [3.8, 4) is 0 Å². The molecule has 2 nitrogen and oxygen atoms in total. The SMILES string of the molecule is C=CC(Cc1ccccc1)NCCC(OCC)(c1ccccc1)c1ccccc1.Cl. The number of nitrogens with one attached hydrogen (secondary N) is 1. The highest BCUT2D eigenvalue weighted by Crippen LogP contribution is 2.36. The molecule has 0 aromatic heterocycles. The molecule has 0 fully saturated rings. The average Bonchev–Trinajstić information content (AvgIpc) is 2.79. The fraction of sp³-hybridized carbons (Fsp3) is 0.259. The number of ether oxygens (including phenoxy) is 1. The highest BCUT2D eigenvalue weighted by atomic mass is 35.5. The van der Waals surface area contributed by atoms with Crippen molar-refractivity contribution in [2.45, 2.75) is 31.4 Å². The van der Waals surface area contributed by atoms with Gasteiger partial charge in [0.2, 0.25) is 0 Å². The highest BCUT2D eigenvalue weighted by Gasteiger charge is 2.34. The number of hydrogen-bond donors (Lipinski definition) is 1. The van der Waals surface area contributed by atoms with Crippen LogP contribution in [0, 0.1) is 0 Å². The molecular formula is C27H32ClNO. The smallest absolute Gasteiger partial charge is 0.119 e. The Morgan fingerprint density at radius 1 is 0.867 bits per heavy atom. The van der Waals surface area contributed by atoms with E-state index in [0.29, 0.717) is 6.61 Å². The maximum Gasteiger partial charge on any atom is 0.119 e. The van der Waals surface area contributed by atoms with Crippen LogP contribution in [0.5, 0.6) is 0 Å². The first-order valence-electron chi connectivity index (χ1n) is 10.4. The largest absolute Gasteiger partial charge is 0.366 e. The third-order valence-corrected chi connectivity index (χ3v) is 5.34. The predicted molar refractivity (Wildman–Crippen MR) is 129 cm³/mol. The van der Waals surface area contributed by atoms with Crippen molar-refractivity contribution in [1.82, 2.24) is 5.32 Å². The molecule has 0 saturated carbocycles. The van der Waals surface area contributed by atoms with Gasteiger partial charge in [0.05, 0.1) is 0 Å². The van der Waals surface area contributed by atoms with Gasteiger partial charge < -0.3 is 10.1 Å². The predicted octanol–water partition coefficient (Wildman–Crippen LogP) is 6.17. The van der Waals surface area contributed by atoms with E-state index in [4.69, 9.17) is 4.74 Å². The third kappa shape index (κ3) is 6.06. The summed E-state index contributed by atoms with van der Waals surface area (Å²) < 4.78 is 6.47. The zero-order valence-corrected chi connectivity index (χ0v) is 18.5. The molecule has 3 heteroatoms. The summed E-state index contributed by atoms with van der Waals surface area (Å²) in [5, 5.41) is 3.67. The van der Waals surface area contributed by atoms with Crippen molar-refractivity contribution >= 4 is 12.4 Å². The first-order chi connectivity index (χ1) is 14.3. The van der Waals surface area contributed by atoms with Crippen molar-refractivity contribution < 1.29 is 4.74 Å². The molecule has 0 amide bonds. The monoisotopic (exact) mass is 421 g/mol. The minimum absolute atomic E-state index is 0. The molecule has 0 spiro atoms. The molecule has 1 unspecified atom stereocenters. The lowest BCUT2D eigenvalue weighted by atomic mass is 9.83. The van der Waals surface area contributed by atoms with Gasteiger partial charge in [0, 0.05) is 12.6 Å². The fourth-order valence-corrected chi connectivity index (χ4v) is 3.90. The maximum absolute atomic E-state index is 6.47. The summed E-state index contributed by atoms with van der Waals surface area (Å²) in [6, 6.07) is 31.9. The molecule has 0 aliphatic rings. The van der Waals surface area contributed by atoms with E-state index in [9.17, 15) is 0 Å². The van der Waals surface area contributed by atoms with Crippen LogP contribution in [-0.2, 0) is 16.8 Å². The minimum Gasteiger partial charge on any atom is -0.366 e. The van der Waals surface area contributed by atoms with Gasteiger partial charge in [-0.15, -0.1) is 19.0 Å². The Morgan fingerprint density at radius 2 is 1.37 bits per heavy atom. The Hall–Kier alpha value is -2.39. The van der Waals surface area contributed by atoms with Crippen molar-refractivity contribution in [2.75, 3.05) is 13.2 Å². The molecule has 3 aromatic rings. The van der Waals surface area contributed by atoms with E-state index < -0.39 is 5.60 Å². The first kappa shape index (κ1) is 23.9. The lowest BCUT2D eigenvalue weighted by Gasteiger charge is -2.35. The van der Waals surface area contributed by atoms with Gasteiger partial charge in [-0.3, -0.25) is 0 Å². The summed E-state index contributed by atoms with van der Waals surface area (Å²) >= 11 is 0. The molecule has 0 radical (unpaired) electrons. The van der Waals surface area contributed by atoms with E-state index in [1.807, 2.05) is 6.08 Å². The van der Waals surface area contributed by atoms with Crippen LogP contribution in [0.1, 0.15) is 30.0 Å². The van der Waals surface area contributed by atoms with Crippen molar-refractivity contribution in [3.05, 3.63) is 120 Å². The van der Waals surface area contributed by atoms with Gasteiger partial charge in [-0.1, -0.05) is 97.1 Å². The van der Waals surface area contributed by atoms with Crippen LogP contribution >= 0.6 is 12.4 Å². The summed E-state index contributed by atoms with van der Waals surface area (Å²) in [4.78, 5) is 0. The summed E-state index contributed by atoms with van der Waals surface area (Å²) in [5.74, 6) is 0. The number of halogens is 1. The van der Waals surface area contributed by atoms with Crippen LogP contribution in [0.4, 0.5) is 0 Å². The van der Waals surface area contributed by atoms with Gasteiger partial charge in [0.1, 0.15) is 5.60 Å². The summed E-state index contributed by atoms with van der Waals surface area (Å²) in [7, 11) is 0. The van der Waals surface area contributed by atoms with Crippen LogP contribution in [0.25, 0.3) is 0 Å². The van der Waals surface area contributed by atoms with E-state index in [1.165, 1.54) is 16.7 Å². The van der Waals surface area contributed by atoms with Gasteiger partial charge in [-0.2, -0.15) is 0 Å². The number of hydrogen-bond acceptors (Lipinski definition) is 2. The third-order valence-electron chi connectivity index (χ3n) is 5.34. The molecule has 30 heavy (non-hydrogen) atoms. The zero-order chi connectivity index (χ0) is 20.4. The Morgan fingerprint density at radius 3 is 1.83 bits per heavy atom. The van der Waals surface area contributed by atoms with Crippen LogP contribution < -0.4 is 5.32 Å². The molecule has 0 aliphatic carbocycles. The van der Waals surface area contributed by atoms with Crippen LogP contribution in [-0.4, -0.2) is 19.2 Å². The molecule has 158 valence electrons. The summed E-state index contributed by atoms with van der Waals surface area (Å²) in [5.41, 5.74) is 3.22. The Kier molecular flexibility index (Phi) is 9.82. The van der Waals surface area contributed by atoms with Gasteiger partial charge in [-0.05, 0) is 43.0 Å². The first-order valence-corrected chi connectivity index (χ1v) is 10.4. The van der Waals surface area contributed by atoms with E-state index in [2.05, 4.69) is 110 Å². The van der Waals surface area contributed by atoms with Gasteiger partial charge in [0.15, 0.2) is 0 Å². The minimum atomic E-state index is -0.470. The van der Waals surface area contributed by atoms with E-state index >= 15 is 0 Å². The topological polar surface area (TPSA) is 21.3 Å². The normalized spacial score (nSPS) is 12.0. The van der Waals surface area contributed by atoms with Crippen molar-refractivity contribution in [2.24, 2.45) is 0 Å². The van der Waals surface area contributed by atoms with Crippen molar-refractivity contribution in [3.63, 3.8) is 0 Å². The Labute approximate surface area is 187 Å². The summed E-state index contributed by atoms with van der Waals surface area (Å²) in [6.07, 6.45) is 3.77. The quantitative estimate of drug-likeness (QED) is 0.374. The Bertz CT molecular complexity index is 812. The molecular weight excluding hydrogens is 390 g/mol. The number of rotatable bonds is 11. The molecule has 0 aliphatic heterocycles. The van der Waals surface area contributed by atoms with E-state index in [-0.39, 0.29) is 18.4 Å². The zero-order valence-electron chi connectivity index (χ0n) is 17.7. The number of benzene rings is 3. The van der Waals surface area contributed by atoms with Gasteiger partial charge >= 0.3 is 0 Å². The highest BCUT2D eigenvalue weighted by molar-refractivity contribution is 5.85. The molecule has 0 saturated heterocycles. The molecule has 0 heterocycles. The molecule has 0 bridgehead atoms. The second-order valence-corrected chi connectivity index (χ2v) is 7.23. The van der Waals surface area contributed by atoms with Crippen molar-refractivity contribution in [1.29, 1.82) is 0 Å². The van der Waals surface area contributed by atoms with Crippen LogP contribution in [0.2, 0.25) is 0 Å². The molecule has 3 rings (SSSR count). The van der Waals surface area contributed by atoms with E-state index in [1.54, 1.807) is 0 Å². The maximum atomic E-state index is 6.47. The lowest BCUT2D eigenvalue weighted by molar-refractivity contribution is -0.0175. The average molecular weight is 422 g/mol. The summed E-state index contributed by atoms with van der Waals surface area (Å²) in [6.45, 7) is 7.57. The van der Waals surface area contributed by atoms with Crippen LogP contribution in [0.15, 0.2) is 104 Å².